The molecule has 0 unspecified atom stereocenters. The van der Waals surface area contributed by atoms with Crippen LogP contribution in [0, 0.1) is 12.8 Å². The summed E-state index contributed by atoms with van der Waals surface area (Å²) in [6, 6.07) is 0. The van der Waals surface area contributed by atoms with Gasteiger partial charge in [0.05, 0.1) is 13.2 Å². The molecule has 1 saturated heterocycles. The SMILES string of the molecule is CCOC(=O)c1c(C)oc(NC(=O)CN2CCC[C@@H](C)C2)c1C(N)=O. The van der Waals surface area contributed by atoms with Gasteiger partial charge >= 0.3 is 5.97 Å². The molecule has 1 aliphatic rings. The van der Waals surface area contributed by atoms with Crippen molar-refractivity contribution in [3.8, 4) is 0 Å². The van der Waals surface area contributed by atoms with Gasteiger partial charge in [-0.05, 0) is 39.2 Å². The van der Waals surface area contributed by atoms with Crippen molar-refractivity contribution in [1.82, 2.24) is 4.90 Å². The monoisotopic (exact) mass is 351 g/mol. The van der Waals surface area contributed by atoms with Gasteiger partial charge in [-0.25, -0.2) is 4.79 Å². The zero-order valence-electron chi connectivity index (χ0n) is 14.9. The van der Waals surface area contributed by atoms with E-state index in [1.54, 1.807) is 6.92 Å². The first-order chi connectivity index (χ1) is 11.8. The highest BCUT2D eigenvalue weighted by atomic mass is 16.5. The van der Waals surface area contributed by atoms with E-state index in [1.165, 1.54) is 6.92 Å². The van der Waals surface area contributed by atoms with Crippen molar-refractivity contribution in [3.63, 3.8) is 0 Å². The van der Waals surface area contributed by atoms with Gasteiger partial charge in [0.2, 0.25) is 11.8 Å². The molecule has 1 aliphatic heterocycles. The molecule has 8 nitrogen and oxygen atoms in total. The molecule has 0 aromatic carbocycles. The quantitative estimate of drug-likeness (QED) is 0.751. The van der Waals surface area contributed by atoms with Gasteiger partial charge in [-0.2, -0.15) is 0 Å². The van der Waals surface area contributed by atoms with Crippen molar-refractivity contribution in [3.05, 3.63) is 16.9 Å². The number of nitrogens with one attached hydrogen (secondary N) is 1. The summed E-state index contributed by atoms with van der Waals surface area (Å²) in [5.41, 5.74) is 5.17. The third-order valence-electron chi connectivity index (χ3n) is 4.17. The number of nitrogens with two attached hydrogens (primary N) is 1. The summed E-state index contributed by atoms with van der Waals surface area (Å²) in [4.78, 5) is 38.2. The molecule has 1 atom stereocenters. The summed E-state index contributed by atoms with van der Waals surface area (Å²) >= 11 is 0. The summed E-state index contributed by atoms with van der Waals surface area (Å²) < 4.78 is 10.3. The Bertz CT molecular complexity index is 667. The Morgan fingerprint density at radius 3 is 2.68 bits per heavy atom. The number of esters is 1. The number of nitrogens with zero attached hydrogens (tertiary/aromatic N) is 1. The van der Waals surface area contributed by atoms with Crippen LogP contribution in [-0.2, 0) is 9.53 Å². The van der Waals surface area contributed by atoms with Crippen molar-refractivity contribution in [2.24, 2.45) is 11.7 Å². The minimum Gasteiger partial charge on any atom is -0.462 e. The lowest BCUT2D eigenvalue weighted by Gasteiger charge is -2.29. The van der Waals surface area contributed by atoms with E-state index < -0.39 is 11.9 Å². The number of likely N-dealkylation sites (tertiary alicyclic amines) is 1. The Kier molecular flexibility index (Phi) is 6.19. The number of carbonyl (C=O) groups excluding carboxylic acids is 3. The highest BCUT2D eigenvalue weighted by Gasteiger charge is 2.29. The number of furan rings is 1. The second kappa shape index (κ2) is 8.15. The number of piperidine rings is 1. The average molecular weight is 351 g/mol. The number of amides is 2. The molecular formula is C17H25N3O5. The third-order valence-corrected chi connectivity index (χ3v) is 4.17. The molecule has 0 aliphatic carbocycles. The first-order valence-electron chi connectivity index (χ1n) is 8.46. The van der Waals surface area contributed by atoms with Crippen LogP contribution in [-0.4, -0.2) is 48.9 Å². The zero-order valence-corrected chi connectivity index (χ0v) is 14.9. The van der Waals surface area contributed by atoms with Gasteiger partial charge in [0.15, 0.2) is 0 Å². The van der Waals surface area contributed by atoms with Gasteiger partial charge in [-0.1, -0.05) is 6.92 Å². The number of carbonyl (C=O) groups is 3. The molecule has 0 radical (unpaired) electrons. The molecule has 1 aromatic heterocycles. The Labute approximate surface area is 146 Å². The normalized spacial score (nSPS) is 18.0. The fraction of sp³-hybridized carbons (Fsp3) is 0.588. The van der Waals surface area contributed by atoms with E-state index >= 15 is 0 Å². The van der Waals surface area contributed by atoms with Gasteiger partial charge in [-0.3, -0.25) is 19.8 Å². The van der Waals surface area contributed by atoms with Crippen LogP contribution in [0.1, 0.15) is 53.2 Å². The van der Waals surface area contributed by atoms with Crippen molar-refractivity contribution in [1.29, 1.82) is 0 Å². The molecule has 0 saturated carbocycles. The molecule has 0 spiro atoms. The van der Waals surface area contributed by atoms with Crippen LogP contribution >= 0.6 is 0 Å². The minimum absolute atomic E-state index is 0.0451. The summed E-state index contributed by atoms with van der Waals surface area (Å²) in [6.45, 7) is 7.36. The maximum Gasteiger partial charge on any atom is 0.342 e. The van der Waals surface area contributed by atoms with E-state index in [1.807, 2.05) is 0 Å². The summed E-state index contributed by atoms with van der Waals surface area (Å²) in [7, 11) is 0. The zero-order chi connectivity index (χ0) is 18.6. The van der Waals surface area contributed by atoms with Gasteiger partial charge in [0.1, 0.15) is 16.9 Å². The number of rotatable bonds is 6. The topological polar surface area (TPSA) is 115 Å². The van der Waals surface area contributed by atoms with E-state index in [0.29, 0.717) is 5.92 Å². The Morgan fingerprint density at radius 1 is 1.36 bits per heavy atom. The fourth-order valence-electron chi connectivity index (χ4n) is 3.12. The van der Waals surface area contributed by atoms with Crippen LogP contribution in [0.4, 0.5) is 5.88 Å². The molecule has 0 bridgehead atoms. The van der Waals surface area contributed by atoms with Crippen molar-refractivity contribution in [2.75, 3.05) is 31.6 Å². The molecule has 1 aromatic rings. The number of primary amides is 1. The lowest BCUT2D eigenvalue weighted by atomic mass is 10.0. The second-order valence-corrected chi connectivity index (χ2v) is 6.35. The van der Waals surface area contributed by atoms with Gasteiger partial charge in [-0.15, -0.1) is 0 Å². The van der Waals surface area contributed by atoms with Crippen LogP contribution in [0.25, 0.3) is 0 Å². The minimum atomic E-state index is -0.859. The lowest BCUT2D eigenvalue weighted by molar-refractivity contribution is -0.117. The maximum atomic E-state index is 12.3. The summed E-state index contributed by atoms with van der Waals surface area (Å²) in [6.07, 6.45) is 2.21. The molecule has 2 amide bonds. The van der Waals surface area contributed by atoms with Crippen LogP contribution in [0.3, 0.4) is 0 Å². The number of hydrogen-bond acceptors (Lipinski definition) is 6. The predicted molar refractivity (Wildman–Crippen MR) is 91.4 cm³/mol. The van der Waals surface area contributed by atoms with Crippen molar-refractivity contribution < 1.29 is 23.5 Å². The third kappa shape index (κ3) is 4.60. The Balaban J connectivity index is 2.15. The van der Waals surface area contributed by atoms with E-state index in [2.05, 4.69) is 17.1 Å². The second-order valence-electron chi connectivity index (χ2n) is 6.35. The number of ether oxygens (including phenoxy) is 1. The van der Waals surface area contributed by atoms with E-state index in [9.17, 15) is 14.4 Å². The Morgan fingerprint density at radius 2 is 2.08 bits per heavy atom. The van der Waals surface area contributed by atoms with Gasteiger partial charge < -0.3 is 14.9 Å². The molecule has 138 valence electrons. The van der Waals surface area contributed by atoms with Crippen LogP contribution in [0.15, 0.2) is 4.42 Å². The van der Waals surface area contributed by atoms with E-state index in [-0.39, 0.29) is 41.8 Å². The molecule has 8 heteroatoms. The number of anilines is 1. The number of hydrogen-bond donors (Lipinski definition) is 2. The fourth-order valence-corrected chi connectivity index (χ4v) is 3.12. The number of aryl methyl sites for hydroxylation is 1. The summed E-state index contributed by atoms with van der Waals surface area (Å²) in [5, 5.41) is 2.56. The largest absolute Gasteiger partial charge is 0.462 e. The standard InChI is InChI=1S/C17H25N3O5/c1-4-24-17(23)13-11(3)25-16(14(13)15(18)22)19-12(21)9-20-7-5-6-10(2)8-20/h10H,4-9H2,1-3H3,(H2,18,22)(H,19,21)/t10-/m1/s1. The smallest absolute Gasteiger partial charge is 0.342 e. The average Bonchev–Trinajstić information content (AvgIpc) is 2.83. The van der Waals surface area contributed by atoms with Gasteiger partial charge in [0.25, 0.3) is 5.91 Å². The van der Waals surface area contributed by atoms with E-state index in [4.69, 9.17) is 14.9 Å². The molecular weight excluding hydrogens is 326 g/mol. The Hall–Kier alpha value is -2.35. The highest BCUT2D eigenvalue weighted by Crippen LogP contribution is 2.27. The van der Waals surface area contributed by atoms with Crippen LogP contribution in [0.2, 0.25) is 0 Å². The van der Waals surface area contributed by atoms with Crippen LogP contribution < -0.4 is 11.1 Å². The van der Waals surface area contributed by atoms with Crippen LogP contribution in [0.5, 0.6) is 0 Å². The van der Waals surface area contributed by atoms with Crippen molar-refractivity contribution in [2.45, 2.75) is 33.6 Å². The van der Waals surface area contributed by atoms with E-state index in [0.717, 1.165) is 25.9 Å². The molecule has 2 heterocycles. The lowest BCUT2D eigenvalue weighted by Crippen LogP contribution is -2.39. The van der Waals surface area contributed by atoms with Crippen molar-refractivity contribution >= 4 is 23.7 Å². The maximum absolute atomic E-state index is 12.3. The first-order valence-corrected chi connectivity index (χ1v) is 8.46. The molecule has 2 rings (SSSR count). The van der Waals surface area contributed by atoms with Gasteiger partial charge in [0, 0.05) is 6.54 Å². The summed E-state index contributed by atoms with van der Waals surface area (Å²) in [5.74, 6) is -1.27. The predicted octanol–water partition coefficient (Wildman–Crippen LogP) is 1.53. The molecule has 3 N–H and O–H groups in total. The molecule has 25 heavy (non-hydrogen) atoms. The highest BCUT2D eigenvalue weighted by molar-refractivity contribution is 6.10. The molecule has 1 fully saturated rings. The first kappa shape index (κ1) is 19.0.